The van der Waals surface area contributed by atoms with E-state index >= 15 is 0 Å². The van der Waals surface area contributed by atoms with E-state index < -0.39 is 0 Å². The molecule has 3 nitrogen and oxygen atoms in total. The quantitative estimate of drug-likeness (QED) is 0.664. The van der Waals surface area contributed by atoms with Crippen LogP contribution in [0.1, 0.15) is 44.1 Å². The van der Waals surface area contributed by atoms with Crippen LogP contribution in [0.5, 0.6) is 5.75 Å². The van der Waals surface area contributed by atoms with Gasteiger partial charge in [0.1, 0.15) is 5.75 Å². The number of benzene rings is 2. The van der Waals surface area contributed by atoms with Crippen LogP contribution in [0.25, 0.3) is 10.8 Å². The van der Waals surface area contributed by atoms with Crippen LogP contribution in [0.15, 0.2) is 36.4 Å². The Balaban J connectivity index is 0.00000225. The van der Waals surface area contributed by atoms with Gasteiger partial charge in [0.05, 0.1) is 7.11 Å². The Morgan fingerprint density at radius 3 is 2.50 bits per heavy atom. The molecule has 1 saturated heterocycles. The van der Waals surface area contributed by atoms with E-state index in [1.165, 1.54) is 87.6 Å². The monoisotopic (exact) mass is 402 g/mol. The highest BCUT2D eigenvalue weighted by Crippen LogP contribution is 2.25. The molecule has 0 bridgehead atoms. The first-order valence-electron chi connectivity index (χ1n) is 10.9. The predicted molar refractivity (Wildman–Crippen MR) is 121 cm³/mol. The predicted octanol–water partition coefficient (Wildman–Crippen LogP) is 5.15. The van der Waals surface area contributed by atoms with Gasteiger partial charge in [-0.05, 0) is 60.7 Å². The van der Waals surface area contributed by atoms with Crippen LogP contribution in [0.4, 0.5) is 0 Å². The maximum atomic E-state index is 5.36. The third kappa shape index (κ3) is 5.20. The van der Waals surface area contributed by atoms with Crippen molar-refractivity contribution in [3.8, 4) is 5.75 Å². The number of ether oxygens (including phenoxy) is 1. The molecule has 0 amide bonds. The third-order valence-corrected chi connectivity index (χ3v) is 6.60. The van der Waals surface area contributed by atoms with Crippen molar-refractivity contribution in [3.63, 3.8) is 0 Å². The van der Waals surface area contributed by atoms with E-state index in [1.807, 2.05) is 0 Å². The number of hydrogen-bond donors (Lipinski definition) is 0. The van der Waals surface area contributed by atoms with Crippen LogP contribution in [0.2, 0.25) is 0 Å². The van der Waals surface area contributed by atoms with Gasteiger partial charge in [-0.15, -0.1) is 12.4 Å². The molecule has 4 heteroatoms. The van der Waals surface area contributed by atoms with Gasteiger partial charge in [-0.25, -0.2) is 0 Å². The smallest absolute Gasteiger partial charge is 0.119 e. The van der Waals surface area contributed by atoms with Gasteiger partial charge >= 0.3 is 0 Å². The zero-order chi connectivity index (χ0) is 18.5. The van der Waals surface area contributed by atoms with E-state index in [-0.39, 0.29) is 12.4 Å². The molecule has 0 radical (unpaired) electrons. The summed E-state index contributed by atoms with van der Waals surface area (Å²) in [5, 5.41) is 2.66. The summed E-state index contributed by atoms with van der Waals surface area (Å²) in [5.74, 6) is 0.940. The Bertz CT molecular complexity index is 736. The molecular formula is C24H35ClN2O. The standard InChI is InChI=1S/C24H34N2O.ClH/c1-27-23-12-13-24-20(7-5-8-21(24)19-23)9-6-14-25-15-17-26(18-16-25)22-10-3-2-4-11-22;/h5,7-8,12-13,19,22H,2-4,6,9-11,14-18H2,1H3;1H. The molecule has 1 saturated carbocycles. The summed E-state index contributed by atoms with van der Waals surface area (Å²) in [7, 11) is 1.74. The third-order valence-electron chi connectivity index (χ3n) is 6.60. The van der Waals surface area contributed by atoms with E-state index in [0.29, 0.717) is 0 Å². The van der Waals surface area contributed by atoms with Crippen LogP contribution in [0.3, 0.4) is 0 Å². The first kappa shape index (κ1) is 21.4. The highest BCUT2D eigenvalue weighted by molar-refractivity contribution is 5.87. The van der Waals surface area contributed by atoms with Crippen molar-refractivity contribution < 1.29 is 4.74 Å². The molecule has 28 heavy (non-hydrogen) atoms. The van der Waals surface area contributed by atoms with Crippen molar-refractivity contribution in [2.75, 3.05) is 39.8 Å². The van der Waals surface area contributed by atoms with Crippen LogP contribution in [-0.2, 0) is 6.42 Å². The Morgan fingerprint density at radius 1 is 0.964 bits per heavy atom. The second kappa shape index (κ2) is 10.5. The summed E-state index contributed by atoms with van der Waals surface area (Å²) in [5.41, 5.74) is 1.47. The van der Waals surface area contributed by atoms with Crippen molar-refractivity contribution in [1.82, 2.24) is 9.80 Å². The van der Waals surface area contributed by atoms with Crippen molar-refractivity contribution in [3.05, 3.63) is 42.0 Å². The average Bonchev–Trinajstić information content (AvgIpc) is 2.74. The number of fused-ring (bicyclic) bond motifs is 1. The summed E-state index contributed by atoms with van der Waals surface area (Å²) >= 11 is 0. The molecule has 0 aromatic heterocycles. The fraction of sp³-hybridized carbons (Fsp3) is 0.583. The van der Waals surface area contributed by atoms with Crippen molar-refractivity contribution in [2.24, 2.45) is 0 Å². The first-order valence-corrected chi connectivity index (χ1v) is 10.9. The summed E-state index contributed by atoms with van der Waals surface area (Å²) in [6, 6.07) is 14.0. The molecule has 154 valence electrons. The fourth-order valence-electron chi connectivity index (χ4n) is 4.97. The molecule has 2 aromatic carbocycles. The highest BCUT2D eigenvalue weighted by atomic mass is 35.5. The largest absolute Gasteiger partial charge is 0.497 e. The van der Waals surface area contributed by atoms with Gasteiger partial charge in [0.2, 0.25) is 0 Å². The Hall–Kier alpha value is -1.29. The van der Waals surface area contributed by atoms with Crippen LogP contribution in [0, 0.1) is 0 Å². The van der Waals surface area contributed by atoms with Gasteiger partial charge in [0.25, 0.3) is 0 Å². The Morgan fingerprint density at radius 2 is 1.75 bits per heavy atom. The number of hydrogen-bond acceptors (Lipinski definition) is 3. The van der Waals surface area contributed by atoms with Crippen LogP contribution in [-0.4, -0.2) is 55.7 Å². The highest BCUT2D eigenvalue weighted by Gasteiger charge is 2.24. The minimum Gasteiger partial charge on any atom is -0.497 e. The summed E-state index contributed by atoms with van der Waals surface area (Å²) in [6.07, 6.45) is 9.62. The minimum absolute atomic E-state index is 0. The second-order valence-corrected chi connectivity index (χ2v) is 8.28. The molecule has 2 fully saturated rings. The number of aryl methyl sites for hydroxylation is 1. The van der Waals surface area contributed by atoms with Crippen molar-refractivity contribution >= 4 is 23.2 Å². The molecule has 1 heterocycles. The second-order valence-electron chi connectivity index (χ2n) is 8.28. The summed E-state index contributed by atoms with van der Waals surface area (Å²) in [4.78, 5) is 5.45. The molecule has 2 aliphatic rings. The summed E-state index contributed by atoms with van der Waals surface area (Å²) < 4.78 is 5.36. The lowest BCUT2D eigenvalue weighted by atomic mass is 9.94. The van der Waals surface area contributed by atoms with E-state index in [1.54, 1.807) is 7.11 Å². The fourth-order valence-corrected chi connectivity index (χ4v) is 4.97. The average molecular weight is 403 g/mol. The lowest BCUT2D eigenvalue weighted by molar-refractivity contribution is 0.0785. The van der Waals surface area contributed by atoms with Gasteiger partial charge in [-0.1, -0.05) is 43.5 Å². The summed E-state index contributed by atoms with van der Waals surface area (Å²) in [6.45, 7) is 6.29. The van der Waals surface area contributed by atoms with Gasteiger partial charge in [0, 0.05) is 32.2 Å². The lowest BCUT2D eigenvalue weighted by Crippen LogP contribution is -2.50. The van der Waals surface area contributed by atoms with E-state index in [9.17, 15) is 0 Å². The SMILES string of the molecule is COc1ccc2c(CCCN3CCN(C4CCCCC4)CC3)cccc2c1.Cl. The number of rotatable bonds is 6. The molecule has 0 spiro atoms. The van der Waals surface area contributed by atoms with Gasteiger partial charge in [-0.2, -0.15) is 0 Å². The Labute approximate surface area is 176 Å². The number of halogens is 1. The molecule has 2 aromatic rings. The first-order chi connectivity index (χ1) is 13.3. The molecular weight excluding hydrogens is 368 g/mol. The number of methoxy groups -OCH3 is 1. The zero-order valence-corrected chi connectivity index (χ0v) is 18.1. The molecule has 4 rings (SSSR count). The maximum absolute atomic E-state index is 5.36. The van der Waals surface area contributed by atoms with Crippen LogP contribution >= 0.6 is 12.4 Å². The zero-order valence-electron chi connectivity index (χ0n) is 17.2. The van der Waals surface area contributed by atoms with Crippen LogP contribution < -0.4 is 4.74 Å². The molecule has 1 aliphatic carbocycles. The van der Waals surface area contributed by atoms with Crippen molar-refractivity contribution in [2.45, 2.75) is 51.0 Å². The molecule has 0 atom stereocenters. The van der Waals surface area contributed by atoms with Crippen molar-refractivity contribution in [1.29, 1.82) is 0 Å². The number of piperazine rings is 1. The minimum atomic E-state index is 0. The van der Waals surface area contributed by atoms with Gasteiger partial charge in [0.15, 0.2) is 0 Å². The van der Waals surface area contributed by atoms with E-state index in [0.717, 1.165) is 18.2 Å². The van der Waals surface area contributed by atoms with E-state index in [2.05, 4.69) is 46.2 Å². The van der Waals surface area contributed by atoms with Gasteiger partial charge in [-0.3, -0.25) is 4.90 Å². The topological polar surface area (TPSA) is 15.7 Å². The van der Waals surface area contributed by atoms with Gasteiger partial charge < -0.3 is 9.64 Å². The molecule has 0 unspecified atom stereocenters. The van der Waals surface area contributed by atoms with E-state index in [4.69, 9.17) is 4.74 Å². The number of nitrogens with zero attached hydrogens (tertiary/aromatic N) is 2. The maximum Gasteiger partial charge on any atom is 0.119 e. The lowest BCUT2D eigenvalue weighted by Gasteiger charge is -2.40. The normalized spacial score (nSPS) is 19.5. The Kier molecular flexibility index (Phi) is 8.01. The molecule has 0 N–H and O–H groups in total. The molecule has 1 aliphatic heterocycles.